The molecule has 0 aromatic heterocycles. The molecule has 0 bridgehead atoms. The van der Waals surface area contributed by atoms with Crippen molar-refractivity contribution in [3.05, 3.63) is 52.6 Å². The van der Waals surface area contributed by atoms with Crippen molar-refractivity contribution in [2.75, 3.05) is 14.2 Å². The maximum absolute atomic E-state index is 11.6. The fraction of sp³-hybridized carbons (Fsp3) is 0.350. The van der Waals surface area contributed by atoms with Crippen molar-refractivity contribution in [2.24, 2.45) is 0 Å². The number of carbonyl (C=O) groups excluding carboxylic acids is 1. The molecule has 0 saturated heterocycles. The summed E-state index contributed by atoms with van der Waals surface area (Å²) >= 11 is 0. The first-order valence-corrected chi connectivity index (χ1v) is 8.28. The average Bonchev–Trinajstić information content (AvgIpc) is 2.62. The van der Waals surface area contributed by atoms with Crippen molar-refractivity contribution in [1.29, 1.82) is 0 Å². The largest absolute Gasteiger partial charge is 0.496 e. The molecule has 0 unspecified atom stereocenters. The third-order valence-corrected chi connectivity index (χ3v) is 4.10. The van der Waals surface area contributed by atoms with E-state index >= 15 is 0 Å². The molecule has 2 rings (SSSR count). The second-order valence-electron chi connectivity index (χ2n) is 5.76. The Morgan fingerprint density at radius 1 is 1.08 bits per heavy atom. The van der Waals surface area contributed by atoms with Crippen LogP contribution in [-0.2, 0) is 13.0 Å². The van der Waals surface area contributed by atoms with Crippen LogP contribution in [0.5, 0.6) is 17.2 Å². The van der Waals surface area contributed by atoms with Crippen molar-refractivity contribution in [3.63, 3.8) is 0 Å². The van der Waals surface area contributed by atoms with E-state index in [-0.39, 0.29) is 6.61 Å². The molecular weight excluding hydrogens is 318 g/mol. The number of benzene rings is 2. The van der Waals surface area contributed by atoms with Crippen molar-refractivity contribution < 1.29 is 19.0 Å². The van der Waals surface area contributed by atoms with Gasteiger partial charge in [-0.2, -0.15) is 0 Å². The third kappa shape index (κ3) is 4.44. The number of carbonyl (C=O) groups is 1. The lowest BCUT2D eigenvalue weighted by atomic mass is 10.0. The Labute approximate surface area is 148 Å². The molecule has 0 saturated carbocycles. The minimum absolute atomic E-state index is 0.238. The van der Waals surface area contributed by atoms with Crippen LogP contribution in [0, 0.1) is 13.8 Å². The Morgan fingerprint density at radius 3 is 2.44 bits per heavy atom. The first-order valence-electron chi connectivity index (χ1n) is 8.28. The summed E-state index contributed by atoms with van der Waals surface area (Å²) in [6.07, 6.45) is 0.456. The predicted octanol–water partition coefficient (Wildman–Crippen LogP) is 4.17. The van der Waals surface area contributed by atoms with E-state index in [4.69, 9.17) is 14.2 Å². The number of rotatable bonds is 6. The lowest BCUT2D eigenvalue weighted by Crippen LogP contribution is -2.22. The van der Waals surface area contributed by atoms with Crippen LogP contribution in [0.15, 0.2) is 30.3 Å². The maximum Gasteiger partial charge on any atom is 0.412 e. The van der Waals surface area contributed by atoms with Crippen molar-refractivity contribution in [1.82, 2.24) is 5.32 Å². The fourth-order valence-electron chi connectivity index (χ4n) is 2.66. The highest BCUT2D eigenvalue weighted by Gasteiger charge is 2.15. The maximum atomic E-state index is 11.6. The zero-order chi connectivity index (χ0) is 18.4. The molecule has 2 aromatic rings. The Hall–Kier alpha value is -2.69. The Balaban J connectivity index is 2.28. The highest BCUT2D eigenvalue weighted by Crippen LogP contribution is 2.31. The van der Waals surface area contributed by atoms with Crippen LogP contribution in [0.2, 0.25) is 0 Å². The van der Waals surface area contributed by atoms with Crippen LogP contribution in [0.4, 0.5) is 4.79 Å². The highest BCUT2D eigenvalue weighted by atomic mass is 16.6. The van der Waals surface area contributed by atoms with E-state index in [2.05, 4.69) is 25.2 Å². The van der Waals surface area contributed by atoms with Gasteiger partial charge in [0, 0.05) is 7.05 Å². The fourth-order valence-corrected chi connectivity index (χ4v) is 2.66. The van der Waals surface area contributed by atoms with Crippen molar-refractivity contribution >= 4 is 6.09 Å². The molecule has 5 heteroatoms. The average molecular weight is 343 g/mol. The monoisotopic (exact) mass is 343 g/mol. The van der Waals surface area contributed by atoms with E-state index in [1.54, 1.807) is 19.2 Å². The van der Waals surface area contributed by atoms with Gasteiger partial charge in [-0.05, 0) is 55.2 Å². The first kappa shape index (κ1) is 18.6. The highest BCUT2D eigenvalue weighted by molar-refractivity contribution is 5.70. The molecule has 25 heavy (non-hydrogen) atoms. The summed E-state index contributed by atoms with van der Waals surface area (Å²) in [5, 5.41) is 2.44. The molecule has 0 heterocycles. The van der Waals surface area contributed by atoms with Gasteiger partial charge in [0.15, 0.2) is 0 Å². The van der Waals surface area contributed by atoms with E-state index in [9.17, 15) is 4.79 Å². The molecule has 0 atom stereocenters. The minimum atomic E-state index is -0.533. The summed E-state index contributed by atoms with van der Waals surface area (Å²) in [6, 6.07) is 9.49. The summed E-state index contributed by atoms with van der Waals surface area (Å²) in [5.41, 5.74) is 4.27. The van der Waals surface area contributed by atoms with Gasteiger partial charge in [-0.25, -0.2) is 4.79 Å². The third-order valence-electron chi connectivity index (χ3n) is 4.10. The summed E-state index contributed by atoms with van der Waals surface area (Å²) in [5.74, 6) is 1.84. The van der Waals surface area contributed by atoms with Gasteiger partial charge in [0.2, 0.25) is 0 Å². The number of ether oxygens (including phenoxy) is 3. The van der Waals surface area contributed by atoms with Gasteiger partial charge >= 0.3 is 6.09 Å². The van der Waals surface area contributed by atoms with Gasteiger partial charge in [-0.1, -0.05) is 19.1 Å². The summed E-state index contributed by atoms with van der Waals surface area (Å²) in [7, 11) is 3.09. The number of hydrogen-bond acceptors (Lipinski definition) is 4. The summed E-state index contributed by atoms with van der Waals surface area (Å²) in [6.45, 7) is 6.48. The first-order chi connectivity index (χ1) is 12.0. The molecule has 2 aromatic carbocycles. The molecule has 0 aliphatic heterocycles. The zero-order valence-corrected chi connectivity index (χ0v) is 15.4. The number of methoxy groups -OCH3 is 1. The lowest BCUT2D eigenvalue weighted by Gasteiger charge is -2.16. The molecular formula is C20H25NO4. The van der Waals surface area contributed by atoms with Gasteiger partial charge in [0.1, 0.15) is 23.9 Å². The van der Waals surface area contributed by atoms with Gasteiger partial charge in [-0.15, -0.1) is 0 Å². The molecule has 0 fully saturated rings. The summed E-state index contributed by atoms with van der Waals surface area (Å²) < 4.78 is 16.7. The topological polar surface area (TPSA) is 56.8 Å². The van der Waals surface area contributed by atoms with Gasteiger partial charge in [0.25, 0.3) is 0 Å². The Bertz CT molecular complexity index is 756. The van der Waals surface area contributed by atoms with E-state index in [1.807, 2.05) is 19.1 Å². The molecule has 1 N–H and O–H groups in total. The number of amides is 1. The van der Waals surface area contributed by atoms with Crippen LogP contribution in [0.3, 0.4) is 0 Å². The second-order valence-corrected chi connectivity index (χ2v) is 5.76. The van der Waals surface area contributed by atoms with E-state index in [1.165, 1.54) is 18.2 Å². The zero-order valence-electron chi connectivity index (χ0n) is 15.4. The van der Waals surface area contributed by atoms with Crippen LogP contribution in [0.1, 0.15) is 29.2 Å². The quantitative estimate of drug-likeness (QED) is 0.855. The molecule has 1 amide bonds. The minimum Gasteiger partial charge on any atom is -0.496 e. The molecule has 5 nitrogen and oxygen atoms in total. The molecule has 134 valence electrons. The van der Waals surface area contributed by atoms with Gasteiger partial charge in [-0.3, -0.25) is 0 Å². The number of nitrogens with one attached hydrogen (secondary N) is 1. The van der Waals surface area contributed by atoms with Crippen LogP contribution >= 0.6 is 0 Å². The van der Waals surface area contributed by atoms with E-state index < -0.39 is 6.09 Å². The lowest BCUT2D eigenvalue weighted by molar-refractivity contribution is 0.200. The smallest absolute Gasteiger partial charge is 0.412 e. The number of hydrogen-bond donors (Lipinski definition) is 1. The normalized spacial score (nSPS) is 10.3. The molecule has 0 aliphatic carbocycles. The molecule has 0 aliphatic rings. The van der Waals surface area contributed by atoms with Gasteiger partial charge in [0.05, 0.1) is 12.7 Å². The second kappa shape index (κ2) is 8.42. The molecule has 0 spiro atoms. The standard InChI is InChI=1S/C20H25NO4/c1-6-15-10-14(3)19(11-13(15)2)24-12-16-17(23-5)8-7-9-18(16)25-20(22)21-4/h7-11H,6,12H2,1-5H3,(H,21,22). The summed E-state index contributed by atoms with van der Waals surface area (Å²) in [4.78, 5) is 11.6. The van der Waals surface area contributed by atoms with Crippen LogP contribution in [-0.4, -0.2) is 20.3 Å². The SMILES string of the molecule is CCc1cc(C)c(OCc2c(OC)cccc2OC(=O)NC)cc1C. The predicted molar refractivity (Wildman–Crippen MR) is 97.7 cm³/mol. The van der Waals surface area contributed by atoms with Crippen molar-refractivity contribution in [2.45, 2.75) is 33.8 Å². The Morgan fingerprint density at radius 2 is 1.80 bits per heavy atom. The van der Waals surface area contributed by atoms with E-state index in [0.29, 0.717) is 17.1 Å². The van der Waals surface area contributed by atoms with Crippen LogP contribution < -0.4 is 19.5 Å². The van der Waals surface area contributed by atoms with Crippen molar-refractivity contribution in [3.8, 4) is 17.2 Å². The van der Waals surface area contributed by atoms with Gasteiger partial charge < -0.3 is 19.5 Å². The Kier molecular flexibility index (Phi) is 6.28. The van der Waals surface area contributed by atoms with E-state index in [0.717, 1.165) is 17.7 Å². The number of aryl methyl sites for hydroxylation is 3. The molecule has 0 radical (unpaired) electrons. The van der Waals surface area contributed by atoms with Crippen LogP contribution in [0.25, 0.3) is 0 Å².